The number of thiazole rings is 1. The molecule has 1 aromatic heterocycles. The van der Waals surface area contributed by atoms with Crippen LogP contribution in [0.1, 0.15) is 32.9 Å². The van der Waals surface area contributed by atoms with Crippen LogP contribution in [-0.4, -0.2) is 39.1 Å². The highest BCUT2D eigenvalue weighted by molar-refractivity contribution is 7.07. The van der Waals surface area contributed by atoms with E-state index >= 15 is 0 Å². The third-order valence-corrected chi connectivity index (χ3v) is 3.32. The molecule has 1 rings (SSSR count). The number of aromatic nitrogens is 1. The van der Waals surface area contributed by atoms with Gasteiger partial charge in [0.05, 0.1) is 13.0 Å². The van der Waals surface area contributed by atoms with Crippen molar-refractivity contribution in [2.75, 3.05) is 6.54 Å². The van der Waals surface area contributed by atoms with Crippen LogP contribution in [0.5, 0.6) is 0 Å². The van der Waals surface area contributed by atoms with Crippen LogP contribution in [0, 0.1) is 0 Å². The fraction of sp³-hybridized carbons (Fsp3) is 0.583. The maximum absolute atomic E-state index is 12.1. The summed E-state index contributed by atoms with van der Waals surface area (Å²) in [6.07, 6.45) is -0.111. The fourth-order valence-electron chi connectivity index (χ4n) is 1.62. The van der Waals surface area contributed by atoms with Gasteiger partial charge >= 0.3 is 16.9 Å². The van der Waals surface area contributed by atoms with Crippen LogP contribution in [0.3, 0.4) is 0 Å². The van der Waals surface area contributed by atoms with E-state index in [4.69, 9.17) is 5.11 Å². The van der Waals surface area contributed by atoms with Gasteiger partial charge in [0, 0.05) is 23.2 Å². The van der Waals surface area contributed by atoms with Gasteiger partial charge in [-0.05, 0) is 20.8 Å². The molecule has 0 radical (unpaired) electrons. The number of carboxylic acids is 1. The van der Waals surface area contributed by atoms with Crippen LogP contribution in [0.15, 0.2) is 10.2 Å². The minimum absolute atomic E-state index is 0.111. The average molecular weight is 301 g/mol. The van der Waals surface area contributed by atoms with Crippen LogP contribution < -0.4 is 10.2 Å². The number of rotatable bonds is 5. The van der Waals surface area contributed by atoms with Crippen molar-refractivity contribution in [1.29, 1.82) is 0 Å². The molecule has 0 spiro atoms. The van der Waals surface area contributed by atoms with E-state index in [1.54, 1.807) is 5.38 Å². The van der Waals surface area contributed by atoms with Crippen molar-refractivity contribution in [1.82, 2.24) is 15.2 Å². The van der Waals surface area contributed by atoms with Gasteiger partial charge in [0.15, 0.2) is 0 Å². The first-order valence-corrected chi connectivity index (χ1v) is 7.02. The Balaban J connectivity index is 2.63. The molecule has 0 saturated carbocycles. The van der Waals surface area contributed by atoms with Crippen molar-refractivity contribution >= 4 is 23.3 Å². The third kappa shape index (κ3) is 5.04. The highest BCUT2D eigenvalue weighted by Gasteiger charge is 2.26. The van der Waals surface area contributed by atoms with Gasteiger partial charge in [0.1, 0.15) is 0 Å². The van der Waals surface area contributed by atoms with E-state index in [9.17, 15) is 14.4 Å². The van der Waals surface area contributed by atoms with E-state index in [0.29, 0.717) is 5.69 Å². The highest BCUT2D eigenvalue weighted by Crippen LogP contribution is 2.14. The topological polar surface area (TPSA) is 102 Å². The number of aliphatic carboxylic acids is 1. The molecule has 0 saturated heterocycles. The zero-order valence-electron chi connectivity index (χ0n) is 11.7. The Labute approximate surface area is 120 Å². The standard InChI is InChI=1S/C12H19N3O4S/c1-12(2,3)15(5-4-9(16)17)10(18)13-6-8-7-20-11(19)14-8/h7H,4-6H2,1-3H3,(H,13,18)(H,14,19)(H,16,17). The number of nitrogens with one attached hydrogen (secondary N) is 2. The second-order valence-electron chi connectivity index (χ2n) is 5.30. The van der Waals surface area contributed by atoms with Crippen molar-refractivity contribution in [3.8, 4) is 0 Å². The second kappa shape index (κ2) is 6.56. The number of amides is 2. The summed E-state index contributed by atoms with van der Waals surface area (Å²) in [5, 5.41) is 13.0. The van der Waals surface area contributed by atoms with Gasteiger partial charge in [0.2, 0.25) is 0 Å². The minimum atomic E-state index is -0.950. The van der Waals surface area contributed by atoms with Crippen molar-refractivity contribution in [3.63, 3.8) is 0 Å². The zero-order chi connectivity index (χ0) is 15.3. The summed E-state index contributed by atoms with van der Waals surface area (Å²) < 4.78 is 0. The Kier molecular flexibility index (Phi) is 5.32. The summed E-state index contributed by atoms with van der Waals surface area (Å²) >= 11 is 1.03. The quantitative estimate of drug-likeness (QED) is 0.761. The average Bonchev–Trinajstić information content (AvgIpc) is 2.70. The molecule has 0 fully saturated rings. The molecule has 0 aliphatic rings. The molecule has 3 N–H and O–H groups in total. The summed E-state index contributed by atoms with van der Waals surface area (Å²) in [6.45, 7) is 5.84. The number of urea groups is 1. The van der Waals surface area contributed by atoms with Gasteiger partial charge in [-0.25, -0.2) is 4.79 Å². The Morgan fingerprint density at radius 2 is 2.10 bits per heavy atom. The number of H-pyrrole nitrogens is 1. The molecular weight excluding hydrogens is 282 g/mol. The predicted molar refractivity (Wildman–Crippen MR) is 75.9 cm³/mol. The highest BCUT2D eigenvalue weighted by atomic mass is 32.1. The molecule has 1 heterocycles. The molecule has 0 atom stereocenters. The predicted octanol–water partition coefficient (Wildman–Crippen LogP) is 1.22. The lowest BCUT2D eigenvalue weighted by Crippen LogP contribution is -2.51. The fourth-order valence-corrected chi connectivity index (χ4v) is 2.20. The number of carboxylic acid groups (broad SMARTS) is 1. The lowest BCUT2D eigenvalue weighted by Gasteiger charge is -2.35. The molecule has 0 aliphatic carbocycles. The van der Waals surface area contributed by atoms with Crippen LogP contribution >= 0.6 is 11.3 Å². The molecule has 8 heteroatoms. The van der Waals surface area contributed by atoms with Crippen LogP contribution in [-0.2, 0) is 11.3 Å². The van der Waals surface area contributed by atoms with E-state index in [-0.39, 0.29) is 30.4 Å². The molecule has 7 nitrogen and oxygen atoms in total. The lowest BCUT2D eigenvalue weighted by molar-refractivity contribution is -0.137. The number of hydrogen-bond donors (Lipinski definition) is 3. The van der Waals surface area contributed by atoms with Gasteiger partial charge in [-0.3, -0.25) is 9.59 Å². The van der Waals surface area contributed by atoms with E-state index in [1.165, 1.54) is 4.90 Å². The number of hydrogen-bond acceptors (Lipinski definition) is 4. The molecule has 2 amide bonds. The van der Waals surface area contributed by atoms with Gasteiger partial charge in [-0.15, -0.1) is 0 Å². The Morgan fingerprint density at radius 1 is 1.45 bits per heavy atom. The molecule has 0 aromatic carbocycles. The molecule has 0 bridgehead atoms. The van der Waals surface area contributed by atoms with Crippen LogP contribution in [0.25, 0.3) is 0 Å². The van der Waals surface area contributed by atoms with Gasteiger partial charge < -0.3 is 20.3 Å². The minimum Gasteiger partial charge on any atom is -0.481 e. The molecule has 112 valence electrons. The van der Waals surface area contributed by atoms with E-state index < -0.39 is 11.5 Å². The van der Waals surface area contributed by atoms with Gasteiger partial charge in [0.25, 0.3) is 0 Å². The summed E-state index contributed by atoms with van der Waals surface area (Å²) in [7, 11) is 0. The van der Waals surface area contributed by atoms with Gasteiger partial charge in [-0.1, -0.05) is 11.3 Å². The monoisotopic (exact) mass is 301 g/mol. The summed E-state index contributed by atoms with van der Waals surface area (Å²) in [5.74, 6) is -0.950. The number of carbonyl (C=O) groups excluding carboxylic acids is 1. The summed E-state index contributed by atoms with van der Waals surface area (Å²) in [4.78, 5) is 37.6. The van der Waals surface area contributed by atoms with Crippen molar-refractivity contribution in [2.24, 2.45) is 0 Å². The van der Waals surface area contributed by atoms with Crippen LogP contribution in [0.4, 0.5) is 4.79 Å². The second-order valence-corrected chi connectivity index (χ2v) is 6.14. The van der Waals surface area contributed by atoms with Crippen molar-refractivity contribution in [2.45, 2.75) is 39.3 Å². The molecule has 20 heavy (non-hydrogen) atoms. The molecule has 0 aliphatic heterocycles. The van der Waals surface area contributed by atoms with Crippen molar-refractivity contribution < 1.29 is 14.7 Å². The maximum Gasteiger partial charge on any atom is 0.318 e. The zero-order valence-corrected chi connectivity index (χ0v) is 12.5. The number of nitrogens with zero attached hydrogens (tertiary/aromatic N) is 1. The Bertz CT molecular complexity index is 529. The van der Waals surface area contributed by atoms with E-state index in [1.807, 2.05) is 20.8 Å². The summed E-state index contributed by atoms with van der Waals surface area (Å²) in [6, 6.07) is -0.356. The first-order valence-electron chi connectivity index (χ1n) is 6.14. The molecular formula is C12H19N3O4S. The SMILES string of the molecule is CC(C)(C)N(CCC(=O)O)C(=O)NCc1csc(=O)[nH]1. The van der Waals surface area contributed by atoms with E-state index in [2.05, 4.69) is 10.3 Å². The number of aromatic amines is 1. The first-order chi connectivity index (χ1) is 9.20. The first kappa shape index (κ1) is 16.2. The third-order valence-electron chi connectivity index (χ3n) is 2.61. The lowest BCUT2D eigenvalue weighted by atomic mass is 10.1. The largest absolute Gasteiger partial charge is 0.481 e. The normalized spacial score (nSPS) is 11.2. The Hall–Kier alpha value is -1.83. The smallest absolute Gasteiger partial charge is 0.318 e. The summed E-state index contributed by atoms with van der Waals surface area (Å²) in [5.41, 5.74) is 0.141. The Morgan fingerprint density at radius 3 is 2.55 bits per heavy atom. The maximum atomic E-state index is 12.1. The van der Waals surface area contributed by atoms with Crippen molar-refractivity contribution in [3.05, 3.63) is 20.7 Å². The van der Waals surface area contributed by atoms with Gasteiger partial charge in [-0.2, -0.15) is 0 Å². The number of carbonyl (C=O) groups is 2. The van der Waals surface area contributed by atoms with E-state index in [0.717, 1.165) is 11.3 Å². The molecule has 1 aromatic rings. The van der Waals surface area contributed by atoms with Crippen LogP contribution in [0.2, 0.25) is 0 Å². The molecule has 0 unspecified atom stereocenters.